The molecule has 1 heterocycles. The highest BCUT2D eigenvalue weighted by atomic mass is 16.1. The molecule has 1 N–H and O–H groups in total. The molecule has 4 nitrogen and oxygen atoms in total. The van der Waals surface area contributed by atoms with Crippen LogP contribution in [0.15, 0.2) is 18.3 Å². The third-order valence-corrected chi connectivity index (χ3v) is 7.48. The van der Waals surface area contributed by atoms with E-state index in [1.165, 1.54) is 11.8 Å². The summed E-state index contributed by atoms with van der Waals surface area (Å²) >= 11 is 0. The van der Waals surface area contributed by atoms with Crippen LogP contribution >= 0.6 is 0 Å². The van der Waals surface area contributed by atoms with E-state index in [9.17, 15) is 9.59 Å². The lowest BCUT2D eigenvalue weighted by Crippen LogP contribution is -2.51. The van der Waals surface area contributed by atoms with E-state index in [1.54, 1.807) is 0 Å². The molecule has 128 valence electrons. The minimum atomic E-state index is -0.159. The maximum atomic E-state index is 12.1. The molecule has 3 aliphatic carbocycles. The number of aldehydes is 2. The Morgan fingerprint density at radius 3 is 2.83 bits per heavy atom. The highest BCUT2D eigenvalue weighted by molar-refractivity contribution is 5.60. The number of allylic oxidation sites excluding steroid dienone is 2. The summed E-state index contributed by atoms with van der Waals surface area (Å²) in [5.41, 5.74) is 2.31. The van der Waals surface area contributed by atoms with Crippen molar-refractivity contribution in [2.45, 2.75) is 46.0 Å². The van der Waals surface area contributed by atoms with Gasteiger partial charge in [-0.2, -0.15) is 5.10 Å². The Balaban J connectivity index is 1.71. The highest BCUT2D eigenvalue weighted by Crippen LogP contribution is 2.59. The summed E-state index contributed by atoms with van der Waals surface area (Å²) in [5, 5.41) is 7.21. The Bertz CT molecular complexity index is 694. The van der Waals surface area contributed by atoms with Crippen LogP contribution in [-0.4, -0.2) is 22.8 Å². The van der Waals surface area contributed by atoms with Gasteiger partial charge in [0.2, 0.25) is 0 Å². The van der Waals surface area contributed by atoms with Gasteiger partial charge in [-0.15, -0.1) is 0 Å². The first kappa shape index (κ1) is 15.8. The highest BCUT2D eigenvalue weighted by Gasteiger charge is 2.55. The normalized spacial score (nSPS) is 43.9. The van der Waals surface area contributed by atoms with Gasteiger partial charge < -0.3 is 9.59 Å². The molecule has 1 saturated carbocycles. The molecular weight excluding hydrogens is 300 g/mol. The number of fused-ring (bicyclic) bond motifs is 2. The number of H-pyrrole nitrogens is 1. The van der Waals surface area contributed by atoms with Crippen molar-refractivity contribution in [2.24, 2.45) is 34.5 Å². The standard InChI is InChI=1S/C20H26N2O2/c1-19-6-3-4-16(19)15(12-24)17(5-7-19)20(2)9-13-10-21-22-18(13)8-14(20)11-23/h3,6,10-12,14-17H,4-5,7-9H2,1-2H3,(H,21,22)/t14-,15+,16+,17+,19+,20+/m1/s1. The quantitative estimate of drug-likeness (QED) is 0.685. The second kappa shape index (κ2) is 5.40. The zero-order chi connectivity index (χ0) is 16.9. The first-order chi connectivity index (χ1) is 11.5. The molecule has 1 aromatic rings. The van der Waals surface area contributed by atoms with E-state index in [4.69, 9.17) is 0 Å². The topological polar surface area (TPSA) is 62.8 Å². The fourth-order valence-corrected chi connectivity index (χ4v) is 5.91. The van der Waals surface area contributed by atoms with Crippen molar-refractivity contribution in [3.63, 3.8) is 0 Å². The van der Waals surface area contributed by atoms with Crippen LogP contribution in [0, 0.1) is 34.5 Å². The van der Waals surface area contributed by atoms with E-state index in [2.05, 4.69) is 36.2 Å². The smallest absolute Gasteiger partial charge is 0.124 e. The Labute approximate surface area is 143 Å². The summed E-state index contributed by atoms with van der Waals surface area (Å²) in [6.45, 7) is 4.52. The average Bonchev–Trinajstić information content (AvgIpc) is 3.17. The molecule has 6 atom stereocenters. The molecule has 0 amide bonds. The number of carbonyl (C=O) groups excluding carboxylic acids is 2. The minimum Gasteiger partial charge on any atom is -0.303 e. The van der Waals surface area contributed by atoms with Crippen LogP contribution in [0.5, 0.6) is 0 Å². The second-order valence-electron chi connectivity index (χ2n) is 8.61. The van der Waals surface area contributed by atoms with Crippen molar-refractivity contribution in [3.05, 3.63) is 29.6 Å². The van der Waals surface area contributed by atoms with Gasteiger partial charge >= 0.3 is 0 Å². The van der Waals surface area contributed by atoms with Crippen LogP contribution in [0.25, 0.3) is 0 Å². The lowest BCUT2D eigenvalue weighted by Gasteiger charge is -2.53. The van der Waals surface area contributed by atoms with Crippen LogP contribution in [0.1, 0.15) is 44.4 Å². The van der Waals surface area contributed by atoms with Crippen molar-refractivity contribution in [2.75, 3.05) is 0 Å². The second-order valence-corrected chi connectivity index (χ2v) is 8.61. The molecule has 0 saturated heterocycles. The molecule has 24 heavy (non-hydrogen) atoms. The van der Waals surface area contributed by atoms with Crippen molar-refractivity contribution >= 4 is 12.6 Å². The molecule has 3 aliphatic rings. The Kier molecular flexibility index (Phi) is 3.55. The lowest BCUT2D eigenvalue weighted by molar-refractivity contribution is -0.129. The summed E-state index contributed by atoms with van der Waals surface area (Å²) in [6.07, 6.45) is 13.5. The molecule has 1 fully saturated rings. The molecule has 0 aromatic carbocycles. The third-order valence-electron chi connectivity index (χ3n) is 7.48. The fraction of sp³-hybridized carbons (Fsp3) is 0.650. The SMILES string of the molecule is C[C@]1([C@H]2CC[C@]3(C)C=CC[C@H]3[C@@H]2C=O)Cc2cn[nH]c2C[C@@H]1C=O. The lowest BCUT2D eigenvalue weighted by atomic mass is 9.50. The maximum absolute atomic E-state index is 12.1. The van der Waals surface area contributed by atoms with Crippen LogP contribution in [0.4, 0.5) is 0 Å². The van der Waals surface area contributed by atoms with Gasteiger partial charge in [-0.25, -0.2) is 0 Å². The Morgan fingerprint density at radius 1 is 1.25 bits per heavy atom. The van der Waals surface area contributed by atoms with Gasteiger partial charge in [0.05, 0.1) is 6.20 Å². The average molecular weight is 326 g/mol. The first-order valence-corrected chi connectivity index (χ1v) is 9.11. The summed E-state index contributed by atoms with van der Waals surface area (Å²) in [6, 6.07) is 0. The number of aromatic nitrogens is 2. The van der Waals surface area contributed by atoms with E-state index < -0.39 is 0 Å². The van der Waals surface area contributed by atoms with Crippen molar-refractivity contribution in [3.8, 4) is 0 Å². The molecule has 4 rings (SSSR count). The van der Waals surface area contributed by atoms with E-state index in [0.29, 0.717) is 5.92 Å². The number of hydrogen-bond donors (Lipinski definition) is 1. The number of carbonyl (C=O) groups is 2. The van der Waals surface area contributed by atoms with Gasteiger partial charge in [0.25, 0.3) is 0 Å². The first-order valence-electron chi connectivity index (χ1n) is 9.11. The van der Waals surface area contributed by atoms with Crippen molar-refractivity contribution in [1.82, 2.24) is 10.2 Å². The van der Waals surface area contributed by atoms with Gasteiger partial charge in [0, 0.05) is 17.5 Å². The molecule has 0 bridgehead atoms. The molecule has 4 heteroatoms. The molecule has 1 aromatic heterocycles. The molecule has 0 unspecified atom stereocenters. The Morgan fingerprint density at radius 2 is 2.08 bits per heavy atom. The number of nitrogens with one attached hydrogen (secondary N) is 1. The zero-order valence-electron chi connectivity index (χ0n) is 14.5. The third kappa shape index (κ3) is 2.08. The Hall–Kier alpha value is -1.71. The fourth-order valence-electron chi connectivity index (χ4n) is 5.91. The zero-order valence-corrected chi connectivity index (χ0v) is 14.5. The summed E-state index contributed by atoms with van der Waals surface area (Å²) < 4.78 is 0. The maximum Gasteiger partial charge on any atom is 0.124 e. The summed E-state index contributed by atoms with van der Waals surface area (Å²) in [7, 11) is 0. The van der Waals surface area contributed by atoms with Gasteiger partial charge in [0.1, 0.15) is 12.6 Å². The number of nitrogens with zero attached hydrogens (tertiary/aromatic N) is 1. The number of rotatable bonds is 3. The molecule has 0 spiro atoms. The van der Waals surface area contributed by atoms with Crippen molar-refractivity contribution in [1.29, 1.82) is 0 Å². The number of hydrogen-bond acceptors (Lipinski definition) is 3. The predicted molar refractivity (Wildman–Crippen MR) is 91.3 cm³/mol. The van der Waals surface area contributed by atoms with E-state index in [0.717, 1.165) is 44.1 Å². The van der Waals surface area contributed by atoms with Gasteiger partial charge in [-0.1, -0.05) is 26.0 Å². The molecule has 0 radical (unpaired) electrons. The predicted octanol–water partition coefficient (Wildman–Crippen LogP) is 3.14. The van der Waals surface area contributed by atoms with E-state index in [1.807, 2.05) is 6.20 Å². The van der Waals surface area contributed by atoms with Gasteiger partial charge in [0.15, 0.2) is 0 Å². The minimum absolute atomic E-state index is 0.0413. The van der Waals surface area contributed by atoms with E-state index in [-0.39, 0.29) is 28.6 Å². The largest absolute Gasteiger partial charge is 0.303 e. The number of aromatic amines is 1. The molecule has 0 aliphatic heterocycles. The van der Waals surface area contributed by atoms with E-state index >= 15 is 0 Å². The van der Waals surface area contributed by atoms with Crippen LogP contribution < -0.4 is 0 Å². The van der Waals surface area contributed by atoms with Crippen molar-refractivity contribution < 1.29 is 9.59 Å². The summed E-state index contributed by atoms with van der Waals surface area (Å²) in [5.74, 6) is 0.658. The van der Waals surface area contributed by atoms with Gasteiger partial charge in [-0.3, -0.25) is 5.10 Å². The van der Waals surface area contributed by atoms with Crippen LogP contribution in [-0.2, 0) is 22.4 Å². The molecular formula is C20H26N2O2. The summed E-state index contributed by atoms with van der Waals surface area (Å²) in [4.78, 5) is 24.0. The van der Waals surface area contributed by atoms with Crippen LogP contribution in [0.2, 0.25) is 0 Å². The van der Waals surface area contributed by atoms with Crippen LogP contribution in [0.3, 0.4) is 0 Å². The monoisotopic (exact) mass is 326 g/mol. The van der Waals surface area contributed by atoms with Gasteiger partial charge in [-0.05, 0) is 60.3 Å².